The number of aliphatic hydroxyl groups is 1. The van der Waals surface area contributed by atoms with Crippen LogP contribution in [-0.4, -0.2) is 43.5 Å². The lowest BCUT2D eigenvalue weighted by atomic mass is 9.98. The summed E-state index contributed by atoms with van der Waals surface area (Å²) in [6.07, 6.45) is 3.72. The van der Waals surface area contributed by atoms with Crippen LogP contribution in [0.2, 0.25) is 5.02 Å². The van der Waals surface area contributed by atoms with Crippen LogP contribution in [-0.2, 0) is 16.8 Å². The van der Waals surface area contributed by atoms with Gasteiger partial charge < -0.3 is 19.5 Å². The van der Waals surface area contributed by atoms with Crippen molar-refractivity contribution in [2.45, 2.75) is 18.4 Å². The second-order valence-corrected chi connectivity index (χ2v) is 9.43. The smallest absolute Gasteiger partial charge is 0.411 e. The third-order valence-electron chi connectivity index (χ3n) is 6.68. The first-order chi connectivity index (χ1) is 19.3. The van der Waals surface area contributed by atoms with E-state index in [-0.39, 0.29) is 39.8 Å². The van der Waals surface area contributed by atoms with Crippen molar-refractivity contribution in [3.8, 4) is 28.1 Å². The highest BCUT2D eigenvalue weighted by atomic mass is 35.5. The van der Waals surface area contributed by atoms with Gasteiger partial charge in [-0.1, -0.05) is 11.6 Å². The molecule has 0 aliphatic heterocycles. The molecule has 0 spiro atoms. The number of amides is 1. The Kier molecular flexibility index (Phi) is 6.16. The molecular weight excluding hydrogens is 545 g/mol. The van der Waals surface area contributed by atoms with Gasteiger partial charge in [-0.3, -0.25) is 5.32 Å². The first kappa shape index (κ1) is 25.4. The molecule has 2 N–H and O–H groups in total. The van der Waals surface area contributed by atoms with Crippen molar-refractivity contribution >= 4 is 23.4 Å². The molecule has 0 saturated carbocycles. The van der Waals surface area contributed by atoms with Crippen LogP contribution in [0.25, 0.3) is 28.1 Å². The van der Waals surface area contributed by atoms with Gasteiger partial charge in [-0.05, 0) is 65.7 Å². The Bertz CT molecular complexity index is 1740. The number of aromatic nitrogens is 6. The van der Waals surface area contributed by atoms with Gasteiger partial charge >= 0.3 is 6.09 Å². The van der Waals surface area contributed by atoms with Crippen LogP contribution in [0.15, 0.2) is 65.6 Å². The number of tetrazole rings is 1. The molecule has 0 radical (unpaired) electrons. The lowest BCUT2D eigenvalue weighted by Gasteiger charge is -2.19. The summed E-state index contributed by atoms with van der Waals surface area (Å²) in [7, 11) is 1.27. The zero-order chi connectivity index (χ0) is 28.0. The number of pyridine rings is 1. The van der Waals surface area contributed by atoms with Gasteiger partial charge in [0.15, 0.2) is 17.8 Å². The van der Waals surface area contributed by atoms with Crippen LogP contribution in [0.3, 0.4) is 0 Å². The maximum atomic E-state index is 15.3. The summed E-state index contributed by atoms with van der Waals surface area (Å²) >= 11 is 6.06. The molecular formula is C26H19ClFN7O5. The van der Waals surface area contributed by atoms with E-state index in [1.54, 1.807) is 36.4 Å². The number of oxazole rings is 1. The Morgan fingerprint density at radius 3 is 2.80 bits per heavy atom. The molecule has 0 fully saturated rings. The van der Waals surface area contributed by atoms with E-state index in [4.69, 9.17) is 16.0 Å². The zero-order valence-corrected chi connectivity index (χ0v) is 21.5. The molecule has 1 aliphatic carbocycles. The average Bonchev–Trinajstić information content (AvgIpc) is 3.72. The van der Waals surface area contributed by atoms with E-state index >= 15 is 4.39 Å². The second-order valence-electron chi connectivity index (χ2n) is 9.02. The van der Waals surface area contributed by atoms with Gasteiger partial charge in [0, 0.05) is 16.8 Å². The predicted molar refractivity (Wildman–Crippen MR) is 138 cm³/mol. The number of aryl methyl sites for hydroxylation is 1. The van der Waals surface area contributed by atoms with E-state index in [1.807, 2.05) is 0 Å². The highest BCUT2D eigenvalue weighted by Crippen LogP contribution is 2.43. The number of rotatable bonds is 5. The van der Waals surface area contributed by atoms with Crippen molar-refractivity contribution in [1.29, 1.82) is 0 Å². The third-order valence-corrected chi connectivity index (χ3v) is 6.97. The molecule has 40 heavy (non-hydrogen) atoms. The number of nitrogens with one attached hydrogen (secondary N) is 1. The van der Waals surface area contributed by atoms with Gasteiger partial charge in [-0.15, -0.1) is 5.10 Å². The number of halogens is 2. The molecule has 2 aromatic carbocycles. The van der Waals surface area contributed by atoms with Crippen LogP contribution in [0.5, 0.6) is 0 Å². The topological polar surface area (TPSA) is 155 Å². The number of fused-ring (bicyclic) bond motifs is 1. The summed E-state index contributed by atoms with van der Waals surface area (Å²) in [4.78, 5) is 15.7. The number of hydrogen-bond donors (Lipinski definition) is 2. The Morgan fingerprint density at radius 1 is 1.27 bits per heavy atom. The number of nitrogens with zero attached hydrogens (tertiary/aromatic N) is 6. The van der Waals surface area contributed by atoms with Crippen molar-refractivity contribution in [3.63, 3.8) is 0 Å². The monoisotopic (exact) mass is 563 g/mol. The summed E-state index contributed by atoms with van der Waals surface area (Å²) < 4.78 is 27.5. The lowest BCUT2D eigenvalue weighted by molar-refractivity contribution is -0.620. The zero-order valence-electron chi connectivity index (χ0n) is 20.7. The summed E-state index contributed by atoms with van der Waals surface area (Å²) in [6, 6.07) is 11.2. The molecule has 3 aromatic heterocycles. The minimum absolute atomic E-state index is 0.0335. The minimum Gasteiger partial charge on any atom is -0.618 e. The molecule has 3 heterocycles. The maximum absolute atomic E-state index is 15.3. The summed E-state index contributed by atoms with van der Waals surface area (Å²) in [5.74, 6) is -0.450. The average molecular weight is 564 g/mol. The van der Waals surface area contributed by atoms with E-state index in [9.17, 15) is 15.1 Å². The predicted octanol–water partition coefficient (Wildman–Crippen LogP) is 3.77. The van der Waals surface area contributed by atoms with Gasteiger partial charge in [0.1, 0.15) is 6.33 Å². The van der Waals surface area contributed by atoms with Crippen LogP contribution >= 0.6 is 11.6 Å². The number of carbonyl (C=O) groups excluding carboxylic acids is 1. The molecule has 202 valence electrons. The molecule has 6 rings (SSSR count). The van der Waals surface area contributed by atoms with Crippen molar-refractivity contribution in [2.75, 3.05) is 12.4 Å². The molecule has 1 unspecified atom stereocenters. The standard InChI is InChI=1S/C26H19ClFN7O5/c1-39-25(36)31-17-4-2-14(3-5-17)20-11-29-24(40-20)26(37)9-8-15-10-16(12-35(38)23(15)26)21-19(34-13-30-32-33-34)7-6-18(27)22(21)28/h2-7,10-13,37H,8-9H2,1H3,(H,31,36). The largest absolute Gasteiger partial charge is 0.618 e. The van der Waals surface area contributed by atoms with E-state index in [0.717, 1.165) is 6.20 Å². The molecule has 1 atom stereocenters. The SMILES string of the molecule is COC(=O)Nc1ccc(-c2cnc(C3(O)CCc4cc(-c5c(-n6cnnn6)ccc(Cl)c5F)c[n+]([O-])c43)o2)cc1. The van der Waals surface area contributed by atoms with Crippen LogP contribution in [0.4, 0.5) is 14.9 Å². The van der Waals surface area contributed by atoms with E-state index in [0.29, 0.717) is 33.7 Å². The summed E-state index contributed by atoms with van der Waals surface area (Å²) in [5.41, 5.74) is 0.415. The number of carbonyl (C=O) groups is 1. The highest BCUT2D eigenvalue weighted by molar-refractivity contribution is 6.31. The van der Waals surface area contributed by atoms with Crippen molar-refractivity contribution in [2.24, 2.45) is 0 Å². The Labute approximate surface area is 230 Å². The van der Waals surface area contributed by atoms with Crippen LogP contribution in [0.1, 0.15) is 23.6 Å². The van der Waals surface area contributed by atoms with E-state index in [1.165, 1.54) is 30.4 Å². The first-order valence-corrected chi connectivity index (χ1v) is 12.3. The highest BCUT2D eigenvalue weighted by Gasteiger charge is 2.50. The van der Waals surface area contributed by atoms with Crippen LogP contribution < -0.4 is 10.0 Å². The second kappa shape index (κ2) is 9.70. The molecule has 1 aliphatic rings. The van der Waals surface area contributed by atoms with Crippen molar-refractivity contribution in [1.82, 2.24) is 25.2 Å². The van der Waals surface area contributed by atoms with Crippen molar-refractivity contribution < 1.29 is 28.2 Å². The molecule has 0 saturated heterocycles. The minimum atomic E-state index is -1.81. The fourth-order valence-electron chi connectivity index (χ4n) is 4.81. The first-order valence-electron chi connectivity index (χ1n) is 11.9. The Morgan fingerprint density at radius 2 is 2.08 bits per heavy atom. The van der Waals surface area contributed by atoms with E-state index < -0.39 is 17.5 Å². The van der Waals surface area contributed by atoms with Gasteiger partial charge in [-0.25, -0.2) is 14.2 Å². The van der Waals surface area contributed by atoms with Crippen LogP contribution in [0, 0.1) is 11.0 Å². The number of hydrogen-bond acceptors (Lipinski definition) is 9. The van der Waals surface area contributed by atoms with Gasteiger partial charge in [0.05, 0.1) is 35.1 Å². The molecule has 5 aromatic rings. The summed E-state index contributed by atoms with van der Waals surface area (Å²) in [5, 5.41) is 38.4. The lowest BCUT2D eigenvalue weighted by Crippen LogP contribution is -2.41. The molecule has 12 nitrogen and oxygen atoms in total. The van der Waals surface area contributed by atoms with E-state index in [2.05, 4.69) is 30.6 Å². The molecule has 0 bridgehead atoms. The molecule has 14 heteroatoms. The number of anilines is 1. The molecule has 1 amide bonds. The van der Waals surface area contributed by atoms with Gasteiger partial charge in [0.2, 0.25) is 17.2 Å². The van der Waals surface area contributed by atoms with Gasteiger partial charge in [-0.2, -0.15) is 9.41 Å². The maximum Gasteiger partial charge on any atom is 0.411 e. The fourth-order valence-corrected chi connectivity index (χ4v) is 4.96. The van der Waals surface area contributed by atoms with Gasteiger partial charge in [0.25, 0.3) is 0 Å². The summed E-state index contributed by atoms with van der Waals surface area (Å²) in [6.45, 7) is 0. The fraction of sp³-hybridized carbons (Fsp3) is 0.154. The number of ether oxygens (including phenoxy) is 1. The Hall–Kier alpha value is -4.88. The normalized spacial score (nSPS) is 16.1. The number of methoxy groups -OCH3 is 1. The number of benzene rings is 2. The Balaban J connectivity index is 1.36. The quantitative estimate of drug-likeness (QED) is 0.240. The third kappa shape index (κ3) is 4.21. The van der Waals surface area contributed by atoms with Crippen molar-refractivity contribution in [3.05, 3.63) is 94.4 Å².